The van der Waals surface area contributed by atoms with E-state index in [1.165, 1.54) is 25.8 Å². The molecule has 0 bridgehead atoms. The number of hydrogen-bond donors (Lipinski definition) is 1. The molecule has 2 aliphatic heterocycles. The maximum absolute atomic E-state index is 5.97. The number of hydrogen-bond acceptors (Lipinski definition) is 4. The second-order valence-electron chi connectivity index (χ2n) is 7.21. The van der Waals surface area contributed by atoms with Gasteiger partial charge in [0.2, 0.25) is 0 Å². The van der Waals surface area contributed by atoms with E-state index in [2.05, 4.69) is 31.0 Å². The summed E-state index contributed by atoms with van der Waals surface area (Å²) >= 11 is 0. The second kappa shape index (κ2) is 8.47. The number of rotatable bonds is 8. The lowest BCUT2D eigenvalue weighted by Crippen LogP contribution is -2.50. The normalized spacial score (nSPS) is 31.1. The molecule has 2 rings (SSSR count). The minimum atomic E-state index is 0.302. The minimum Gasteiger partial charge on any atom is -0.381 e. The van der Waals surface area contributed by atoms with Crippen molar-refractivity contribution in [3.05, 3.63) is 0 Å². The van der Waals surface area contributed by atoms with E-state index in [0.717, 1.165) is 45.9 Å². The van der Waals surface area contributed by atoms with Crippen molar-refractivity contribution in [3.8, 4) is 0 Å². The molecule has 0 aromatic heterocycles. The Labute approximate surface area is 130 Å². The third kappa shape index (κ3) is 5.51. The lowest BCUT2D eigenvalue weighted by molar-refractivity contribution is -0.0132. The Kier molecular flexibility index (Phi) is 6.93. The van der Waals surface area contributed by atoms with Crippen LogP contribution in [0.4, 0.5) is 0 Å². The molecule has 0 aromatic carbocycles. The monoisotopic (exact) mass is 298 g/mol. The molecule has 0 aromatic rings. The van der Waals surface area contributed by atoms with Gasteiger partial charge >= 0.3 is 0 Å². The zero-order valence-corrected chi connectivity index (χ0v) is 14.2. The van der Waals surface area contributed by atoms with Gasteiger partial charge in [-0.3, -0.25) is 0 Å². The summed E-state index contributed by atoms with van der Waals surface area (Å²) in [4.78, 5) is 2.61. The number of nitrogens with zero attached hydrogens (tertiary/aromatic N) is 1. The van der Waals surface area contributed by atoms with Crippen LogP contribution in [-0.4, -0.2) is 63.0 Å². The average molecular weight is 298 g/mol. The first-order valence-corrected chi connectivity index (χ1v) is 8.79. The number of piperidine rings is 1. The Morgan fingerprint density at radius 1 is 1.43 bits per heavy atom. The first-order chi connectivity index (χ1) is 10.1. The summed E-state index contributed by atoms with van der Waals surface area (Å²) in [5.74, 6) is 0. The van der Waals surface area contributed by atoms with Gasteiger partial charge in [-0.05, 0) is 32.2 Å². The van der Waals surface area contributed by atoms with Crippen molar-refractivity contribution in [2.24, 2.45) is 5.41 Å². The first-order valence-electron chi connectivity index (χ1n) is 8.79. The Morgan fingerprint density at radius 3 is 2.95 bits per heavy atom. The molecule has 124 valence electrons. The molecule has 2 heterocycles. The molecule has 2 saturated heterocycles. The van der Waals surface area contributed by atoms with E-state index in [9.17, 15) is 0 Å². The summed E-state index contributed by atoms with van der Waals surface area (Å²) in [5.41, 5.74) is 0.302. The third-order valence-electron chi connectivity index (χ3n) is 4.65. The van der Waals surface area contributed by atoms with Gasteiger partial charge in [-0.2, -0.15) is 0 Å². The van der Waals surface area contributed by atoms with Crippen LogP contribution in [0.25, 0.3) is 0 Å². The molecule has 0 aliphatic carbocycles. The van der Waals surface area contributed by atoms with Crippen LogP contribution in [0.1, 0.15) is 46.5 Å². The standard InChI is InChI=1S/C17H34N2O2/c1-4-9-21-16-6-5-8-19(11-16)13-17(7-10-20-14-17)12-18-15(2)3/h15-16,18H,4-14H2,1-3H3. The van der Waals surface area contributed by atoms with E-state index in [1.54, 1.807) is 0 Å². The second-order valence-corrected chi connectivity index (χ2v) is 7.21. The molecule has 0 radical (unpaired) electrons. The van der Waals surface area contributed by atoms with E-state index in [4.69, 9.17) is 9.47 Å². The maximum atomic E-state index is 5.97. The third-order valence-corrected chi connectivity index (χ3v) is 4.65. The summed E-state index contributed by atoms with van der Waals surface area (Å²) in [6, 6.07) is 0.546. The van der Waals surface area contributed by atoms with Crippen LogP contribution in [0, 0.1) is 5.41 Å². The quantitative estimate of drug-likeness (QED) is 0.745. The predicted molar refractivity (Wildman–Crippen MR) is 86.7 cm³/mol. The molecule has 2 unspecified atom stereocenters. The van der Waals surface area contributed by atoms with E-state index < -0.39 is 0 Å². The Bertz CT molecular complexity index is 291. The Morgan fingerprint density at radius 2 is 2.29 bits per heavy atom. The molecule has 0 amide bonds. The molecule has 0 spiro atoms. The van der Waals surface area contributed by atoms with E-state index in [-0.39, 0.29) is 0 Å². The summed E-state index contributed by atoms with van der Waals surface area (Å²) in [6.45, 7) is 13.9. The SMILES string of the molecule is CCCOC1CCCN(CC2(CNC(C)C)CCOC2)C1. The molecule has 2 atom stereocenters. The fourth-order valence-electron chi connectivity index (χ4n) is 3.44. The van der Waals surface area contributed by atoms with Gasteiger partial charge < -0.3 is 19.7 Å². The van der Waals surface area contributed by atoms with Gasteiger partial charge in [0.15, 0.2) is 0 Å². The van der Waals surface area contributed by atoms with Crippen molar-refractivity contribution in [1.29, 1.82) is 0 Å². The van der Waals surface area contributed by atoms with Crippen molar-refractivity contribution in [2.45, 2.75) is 58.6 Å². The van der Waals surface area contributed by atoms with Crippen molar-refractivity contribution in [2.75, 3.05) is 46.0 Å². The molecule has 2 aliphatic rings. The zero-order chi connectivity index (χ0) is 15.1. The highest BCUT2D eigenvalue weighted by molar-refractivity contribution is 4.90. The largest absolute Gasteiger partial charge is 0.381 e. The number of likely N-dealkylation sites (tertiary alicyclic amines) is 1. The van der Waals surface area contributed by atoms with Gasteiger partial charge in [0.25, 0.3) is 0 Å². The summed E-state index contributed by atoms with van der Waals surface area (Å²) in [5, 5.41) is 3.63. The van der Waals surface area contributed by atoms with Crippen LogP contribution in [0.2, 0.25) is 0 Å². The molecule has 21 heavy (non-hydrogen) atoms. The predicted octanol–water partition coefficient (Wildman–Crippen LogP) is 2.28. The molecular formula is C17H34N2O2. The molecule has 4 nitrogen and oxygen atoms in total. The van der Waals surface area contributed by atoms with Gasteiger partial charge in [-0.25, -0.2) is 0 Å². The van der Waals surface area contributed by atoms with E-state index in [0.29, 0.717) is 17.6 Å². The van der Waals surface area contributed by atoms with Gasteiger partial charge in [0.1, 0.15) is 0 Å². The maximum Gasteiger partial charge on any atom is 0.0702 e. The van der Waals surface area contributed by atoms with Crippen LogP contribution < -0.4 is 5.32 Å². The van der Waals surface area contributed by atoms with Gasteiger partial charge in [-0.15, -0.1) is 0 Å². The first kappa shape index (κ1) is 17.2. The van der Waals surface area contributed by atoms with Crippen LogP contribution in [0.3, 0.4) is 0 Å². The highest BCUT2D eigenvalue weighted by atomic mass is 16.5. The topological polar surface area (TPSA) is 33.7 Å². The molecular weight excluding hydrogens is 264 g/mol. The van der Waals surface area contributed by atoms with Crippen LogP contribution in [0.5, 0.6) is 0 Å². The van der Waals surface area contributed by atoms with Crippen LogP contribution in [0.15, 0.2) is 0 Å². The summed E-state index contributed by atoms with van der Waals surface area (Å²) in [7, 11) is 0. The zero-order valence-electron chi connectivity index (χ0n) is 14.2. The highest BCUT2D eigenvalue weighted by Crippen LogP contribution is 2.30. The fraction of sp³-hybridized carbons (Fsp3) is 1.00. The lowest BCUT2D eigenvalue weighted by atomic mass is 9.85. The lowest BCUT2D eigenvalue weighted by Gasteiger charge is -2.39. The van der Waals surface area contributed by atoms with Gasteiger partial charge in [0.05, 0.1) is 12.7 Å². The number of ether oxygens (including phenoxy) is 2. The van der Waals surface area contributed by atoms with Gasteiger partial charge in [-0.1, -0.05) is 20.8 Å². The molecule has 0 saturated carbocycles. The van der Waals surface area contributed by atoms with Crippen LogP contribution >= 0.6 is 0 Å². The van der Waals surface area contributed by atoms with Crippen LogP contribution in [-0.2, 0) is 9.47 Å². The summed E-state index contributed by atoms with van der Waals surface area (Å²) < 4.78 is 11.7. The average Bonchev–Trinajstić information content (AvgIpc) is 2.92. The summed E-state index contributed by atoms with van der Waals surface area (Å²) in [6.07, 6.45) is 5.24. The van der Waals surface area contributed by atoms with Crippen molar-refractivity contribution >= 4 is 0 Å². The Hall–Kier alpha value is -0.160. The molecule has 2 fully saturated rings. The minimum absolute atomic E-state index is 0.302. The van der Waals surface area contributed by atoms with E-state index in [1.807, 2.05) is 0 Å². The Balaban J connectivity index is 1.84. The van der Waals surface area contributed by atoms with Crippen molar-refractivity contribution < 1.29 is 9.47 Å². The van der Waals surface area contributed by atoms with E-state index >= 15 is 0 Å². The highest BCUT2D eigenvalue weighted by Gasteiger charge is 2.37. The molecule has 4 heteroatoms. The van der Waals surface area contributed by atoms with Crippen molar-refractivity contribution in [1.82, 2.24) is 10.2 Å². The fourth-order valence-corrected chi connectivity index (χ4v) is 3.44. The van der Waals surface area contributed by atoms with Crippen molar-refractivity contribution in [3.63, 3.8) is 0 Å². The van der Waals surface area contributed by atoms with Gasteiger partial charge in [0, 0.05) is 44.3 Å². The smallest absolute Gasteiger partial charge is 0.0702 e. The molecule has 1 N–H and O–H groups in total. The number of nitrogens with one attached hydrogen (secondary N) is 1.